The second-order valence-electron chi connectivity index (χ2n) is 7.97. The number of para-hydroxylation sites is 1. The van der Waals surface area contributed by atoms with Gasteiger partial charge in [0.05, 0.1) is 5.69 Å². The van der Waals surface area contributed by atoms with Gasteiger partial charge in [0.1, 0.15) is 6.54 Å². The van der Waals surface area contributed by atoms with Gasteiger partial charge in [0.15, 0.2) is 0 Å². The third-order valence-corrected chi connectivity index (χ3v) is 8.14. The van der Waals surface area contributed by atoms with Gasteiger partial charge in [0, 0.05) is 43.8 Å². The molecule has 2 aliphatic rings. The highest BCUT2D eigenvalue weighted by atomic mass is 32.2. The fourth-order valence-corrected chi connectivity index (χ4v) is 5.48. The number of carbonyl (C=O) groups excluding carboxylic acids is 2. The Kier molecular flexibility index (Phi) is 7.78. The summed E-state index contributed by atoms with van der Waals surface area (Å²) in [7, 11) is -0.403. The quantitative estimate of drug-likeness (QED) is 0.652. The summed E-state index contributed by atoms with van der Waals surface area (Å²) in [6, 6.07) is 7.76. The van der Waals surface area contributed by atoms with Crippen molar-refractivity contribution < 1.29 is 18.0 Å². The molecule has 166 valence electrons. The van der Waals surface area contributed by atoms with E-state index < -0.39 is 10.2 Å². The Morgan fingerprint density at radius 1 is 1.20 bits per heavy atom. The predicted octanol–water partition coefficient (Wildman–Crippen LogP) is 1.59. The summed E-state index contributed by atoms with van der Waals surface area (Å²) in [6.07, 6.45) is 3.73. The van der Waals surface area contributed by atoms with Crippen molar-refractivity contribution in [1.82, 2.24) is 14.3 Å². The molecule has 1 fully saturated rings. The van der Waals surface area contributed by atoms with E-state index in [0.29, 0.717) is 13.0 Å². The molecule has 0 saturated heterocycles. The van der Waals surface area contributed by atoms with Crippen LogP contribution in [0.2, 0.25) is 0 Å². The molecule has 2 amide bonds. The van der Waals surface area contributed by atoms with E-state index in [1.165, 1.54) is 18.4 Å². The summed E-state index contributed by atoms with van der Waals surface area (Å²) in [5, 5.41) is 3.06. The lowest BCUT2D eigenvalue weighted by Crippen LogP contribution is -2.46. The SMILES string of the molecule is CN(C)S(=O)(=O)NCC1CCC(NC(=O)CN2C(=O)CCSc3ccccc32)CC1. The Balaban J connectivity index is 1.49. The lowest BCUT2D eigenvalue weighted by Gasteiger charge is -2.30. The topological polar surface area (TPSA) is 98.8 Å². The minimum atomic E-state index is -3.40. The van der Waals surface area contributed by atoms with Gasteiger partial charge in [-0.25, -0.2) is 4.72 Å². The van der Waals surface area contributed by atoms with Gasteiger partial charge >= 0.3 is 0 Å². The summed E-state index contributed by atoms with van der Waals surface area (Å²) in [5.74, 6) is 0.806. The minimum Gasteiger partial charge on any atom is -0.352 e. The standard InChI is InChI=1S/C20H30N4O4S2/c1-23(2)30(27,28)21-13-15-7-9-16(10-8-15)22-19(25)14-24-17-5-3-4-6-18(17)29-12-11-20(24)26/h3-6,15-16,21H,7-14H2,1-2H3,(H,22,25). The smallest absolute Gasteiger partial charge is 0.278 e. The van der Waals surface area contributed by atoms with Crippen molar-refractivity contribution in [1.29, 1.82) is 0 Å². The van der Waals surface area contributed by atoms with E-state index >= 15 is 0 Å². The monoisotopic (exact) mass is 454 g/mol. The molecule has 3 rings (SSSR count). The van der Waals surface area contributed by atoms with Gasteiger partial charge < -0.3 is 10.2 Å². The molecule has 2 N–H and O–H groups in total. The van der Waals surface area contributed by atoms with Crippen molar-refractivity contribution >= 4 is 39.5 Å². The van der Waals surface area contributed by atoms with E-state index in [1.807, 2.05) is 24.3 Å². The fourth-order valence-electron chi connectivity index (χ4n) is 3.77. The van der Waals surface area contributed by atoms with Crippen molar-refractivity contribution in [2.45, 2.75) is 43.0 Å². The van der Waals surface area contributed by atoms with Crippen LogP contribution in [0.5, 0.6) is 0 Å². The van der Waals surface area contributed by atoms with E-state index in [9.17, 15) is 18.0 Å². The zero-order chi connectivity index (χ0) is 21.7. The lowest BCUT2D eigenvalue weighted by atomic mass is 9.86. The van der Waals surface area contributed by atoms with Gasteiger partial charge in [-0.1, -0.05) is 12.1 Å². The molecule has 0 unspecified atom stereocenters. The molecule has 1 aromatic rings. The maximum atomic E-state index is 12.7. The highest BCUT2D eigenvalue weighted by Gasteiger charge is 2.27. The molecule has 1 saturated carbocycles. The maximum Gasteiger partial charge on any atom is 0.278 e. The van der Waals surface area contributed by atoms with E-state index in [1.54, 1.807) is 16.7 Å². The number of nitrogens with zero attached hydrogens (tertiary/aromatic N) is 2. The molecule has 8 nitrogen and oxygen atoms in total. The van der Waals surface area contributed by atoms with E-state index in [2.05, 4.69) is 10.0 Å². The number of benzene rings is 1. The molecule has 0 atom stereocenters. The Labute approximate surface area is 182 Å². The molecule has 0 bridgehead atoms. The molecule has 0 radical (unpaired) electrons. The first kappa shape index (κ1) is 23.1. The molecule has 1 aliphatic carbocycles. The molecule has 1 aliphatic heterocycles. The summed E-state index contributed by atoms with van der Waals surface area (Å²) in [6.45, 7) is 0.441. The average Bonchev–Trinajstić information content (AvgIpc) is 2.86. The lowest BCUT2D eigenvalue weighted by molar-refractivity contribution is -0.124. The number of hydrogen-bond donors (Lipinski definition) is 2. The molecule has 1 aromatic carbocycles. The summed E-state index contributed by atoms with van der Waals surface area (Å²) in [5.41, 5.74) is 0.803. The molecule has 0 spiro atoms. The first-order chi connectivity index (χ1) is 14.3. The average molecular weight is 455 g/mol. The molecular formula is C20H30N4O4S2. The van der Waals surface area contributed by atoms with Gasteiger partial charge in [-0.05, 0) is 43.7 Å². The van der Waals surface area contributed by atoms with Crippen LogP contribution in [0.15, 0.2) is 29.2 Å². The van der Waals surface area contributed by atoms with Crippen LogP contribution in [0.25, 0.3) is 0 Å². The minimum absolute atomic E-state index is 0.0268. The third-order valence-electron chi connectivity index (χ3n) is 5.58. The fraction of sp³-hybridized carbons (Fsp3) is 0.600. The number of fused-ring (bicyclic) bond motifs is 1. The molecule has 30 heavy (non-hydrogen) atoms. The summed E-state index contributed by atoms with van der Waals surface area (Å²) < 4.78 is 27.5. The van der Waals surface area contributed by atoms with Crippen LogP contribution in [0.1, 0.15) is 32.1 Å². The number of anilines is 1. The Morgan fingerprint density at radius 3 is 2.60 bits per heavy atom. The van der Waals surface area contributed by atoms with Crippen molar-refractivity contribution in [3.05, 3.63) is 24.3 Å². The Bertz CT molecular complexity index is 867. The van der Waals surface area contributed by atoms with Crippen LogP contribution in [0, 0.1) is 5.92 Å². The van der Waals surface area contributed by atoms with Gasteiger partial charge in [-0.15, -0.1) is 11.8 Å². The summed E-state index contributed by atoms with van der Waals surface area (Å²) in [4.78, 5) is 27.8. The number of thioether (sulfide) groups is 1. The van der Waals surface area contributed by atoms with Crippen molar-refractivity contribution in [2.75, 3.05) is 37.8 Å². The molecule has 10 heteroatoms. The highest BCUT2D eigenvalue weighted by Crippen LogP contribution is 2.34. The zero-order valence-electron chi connectivity index (χ0n) is 17.5. The maximum absolute atomic E-state index is 12.7. The van der Waals surface area contributed by atoms with Crippen molar-refractivity contribution in [3.8, 4) is 0 Å². The van der Waals surface area contributed by atoms with Crippen LogP contribution < -0.4 is 14.9 Å². The first-order valence-electron chi connectivity index (χ1n) is 10.2. The van der Waals surface area contributed by atoms with Crippen molar-refractivity contribution in [3.63, 3.8) is 0 Å². The number of rotatable bonds is 7. The van der Waals surface area contributed by atoms with Gasteiger partial charge in [0.2, 0.25) is 11.8 Å². The van der Waals surface area contributed by atoms with Gasteiger partial charge in [-0.3, -0.25) is 9.59 Å². The Hall–Kier alpha value is -1.62. The predicted molar refractivity (Wildman–Crippen MR) is 119 cm³/mol. The van der Waals surface area contributed by atoms with Gasteiger partial charge in [0.25, 0.3) is 10.2 Å². The largest absolute Gasteiger partial charge is 0.352 e. The van der Waals surface area contributed by atoms with Crippen LogP contribution in [0.4, 0.5) is 5.69 Å². The molecular weight excluding hydrogens is 424 g/mol. The van der Waals surface area contributed by atoms with E-state index in [0.717, 1.165) is 42.0 Å². The van der Waals surface area contributed by atoms with E-state index in [-0.39, 0.29) is 30.3 Å². The second-order valence-corrected chi connectivity index (χ2v) is 11.1. The number of hydrogen-bond acceptors (Lipinski definition) is 5. The van der Waals surface area contributed by atoms with E-state index in [4.69, 9.17) is 0 Å². The third kappa shape index (κ3) is 5.96. The highest BCUT2D eigenvalue weighted by molar-refractivity contribution is 7.99. The second kappa shape index (κ2) is 10.1. The normalized spacial score (nSPS) is 22.5. The van der Waals surface area contributed by atoms with Crippen LogP contribution in [0.3, 0.4) is 0 Å². The van der Waals surface area contributed by atoms with Crippen LogP contribution in [-0.4, -0.2) is 63.5 Å². The molecule has 0 aromatic heterocycles. The number of carbonyl (C=O) groups is 2. The number of nitrogens with one attached hydrogen (secondary N) is 2. The number of amides is 2. The Morgan fingerprint density at radius 2 is 1.90 bits per heavy atom. The van der Waals surface area contributed by atoms with Crippen LogP contribution in [-0.2, 0) is 19.8 Å². The zero-order valence-corrected chi connectivity index (χ0v) is 19.1. The van der Waals surface area contributed by atoms with Crippen molar-refractivity contribution in [2.24, 2.45) is 5.92 Å². The molecule has 1 heterocycles. The summed E-state index contributed by atoms with van der Waals surface area (Å²) >= 11 is 1.64. The van der Waals surface area contributed by atoms with Gasteiger partial charge in [-0.2, -0.15) is 12.7 Å². The first-order valence-corrected chi connectivity index (χ1v) is 12.7. The van der Waals surface area contributed by atoms with Crippen LogP contribution >= 0.6 is 11.8 Å².